The third kappa shape index (κ3) is 21.6. The number of rotatable bonds is 28. The van der Waals surface area contributed by atoms with Gasteiger partial charge < -0.3 is 134 Å². The lowest BCUT2D eigenvalue weighted by molar-refractivity contribution is -0.331. The van der Waals surface area contributed by atoms with Gasteiger partial charge in [-0.3, -0.25) is 38.5 Å². The third-order valence-corrected chi connectivity index (χ3v) is 22.1. The van der Waals surface area contributed by atoms with Crippen LogP contribution in [0.25, 0.3) is 11.1 Å². The smallest absolute Gasteiger partial charge is 0.330 e. The first-order valence-electron chi connectivity index (χ1n) is 39.1. The lowest BCUT2D eigenvalue weighted by Gasteiger charge is -2.48. The van der Waals surface area contributed by atoms with Crippen LogP contribution in [0, 0.1) is 5.92 Å². The quantitative estimate of drug-likeness (QED) is 0.0320. The van der Waals surface area contributed by atoms with Crippen LogP contribution in [0.2, 0.25) is 10.0 Å². The minimum Gasteiger partial charge on any atom is -0.508 e. The Morgan fingerprint density at radius 1 is 0.684 bits per heavy atom. The number of fused-ring (bicyclic) bond motifs is 15. The van der Waals surface area contributed by atoms with Crippen LogP contribution in [-0.4, -0.2) is 223 Å². The van der Waals surface area contributed by atoms with Crippen LogP contribution in [0.15, 0.2) is 78.9 Å². The Bertz CT molecular complexity index is 4420. The van der Waals surface area contributed by atoms with Crippen molar-refractivity contribution >= 4 is 70.5 Å². The number of carbonyl (C=O) groups is 8. The standard InChI is InChI=1S/C80H106Cl2N12O23/c1-7-8-9-10-11-12-13-14-22-86-23-24-87-80(5)35-58(112-38(4)71(80)103)116-70-68(102)67(101)56(36-84)115-79(70)117-69-54-30-42-31-55(69)114-53-20-17-41(29-47(53)82)66(100)64-77(109)91-62(78(110)111)45-32-43(95)33-51(97)59(45)44-27-39(15-18-50(44)96)60(74(106)93-64)90-75(107)61(42)89-72(104)48(34-57(85)98)88-76(108)63(65(99)40-16-19-52(113-54)46(81)28-40)92-73(105)49(26-37(2)3)94(6)25-21-83/h15-20,27-33,37-38,48-49,56,58,60-68,70-71,79,86-87,95-97,99-103H,7-14,21-26,34-36,83-84H2,1-6H3,(H2,85,98)(H,88,108)(H,89,104)(H,90,107)(H,91,109)(H,92,105)(H,93,106)(H,110,111)/t38-,48-,49+,56+,58-,60+,61+,62-,63+,64-,65+,66+,67+,68-,70+,71+,79-,80-/m0/s1. The summed E-state index contributed by atoms with van der Waals surface area (Å²) in [6, 6.07) is -0.300. The lowest BCUT2D eigenvalue weighted by atomic mass is 9.85. The van der Waals surface area contributed by atoms with Crippen molar-refractivity contribution in [3.05, 3.63) is 117 Å². The first-order valence-corrected chi connectivity index (χ1v) is 39.8. The number of hydrogen-bond donors (Lipinski definition) is 20. The van der Waals surface area contributed by atoms with E-state index in [2.05, 4.69) is 49.5 Å². The number of likely N-dealkylation sites (N-methyl/N-ethyl adjacent to an activating group) is 1. The summed E-state index contributed by atoms with van der Waals surface area (Å²) in [5.41, 5.74) is 14.1. The molecule has 0 aromatic heterocycles. The number of aromatic hydroxyl groups is 3. The number of ether oxygens (including phenoxy) is 6. The highest BCUT2D eigenvalue weighted by Crippen LogP contribution is 2.50. The van der Waals surface area contributed by atoms with Gasteiger partial charge in [0.05, 0.1) is 34.7 Å². The molecule has 7 aliphatic heterocycles. The number of hydrogen-bond acceptors (Lipinski definition) is 27. The Kier molecular flexibility index (Phi) is 30.8. The highest BCUT2D eigenvalue weighted by molar-refractivity contribution is 6.32. The number of nitrogens with two attached hydrogens (primary N) is 3. The van der Waals surface area contributed by atoms with Crippen molar-refractivity contribution in [2.45, 2.75) is 214 Å². The van der Waals surface area contributed by atoms with Crippen LogP contribution in [-0.2, 0) is 52.6 Å². The van der Waals surface area contributed by atoms with Gasteiger partial charge in [0, 0.05) is 67.4 Å². The normalized spacial score (nSPS) is 27.1. The molecule has 638 valence electrons. The number of unbranched alkanes of at least 4 members (excludes halogenated alkanes) is 7. The van der Waals surface area contributed by atoms with Gasteiger partial charge in [0.25, 0.3) is 0 Å². The fourth-order valence-corrected chi connectivity index (χ4v) is 15.5. The predicted octanol–water partition coefficient (Wildman–Crippen LogP) is 3.10. The molecule has 0 saturated carbocycles. The van der Waals surface area contributed by atoms with Crippen molar-refractivity contribution in [2.24, 2.45) is 23.1 Å². The van der Waals surface area contributed by atoms with Gasteiger partial charge in [-0.2, -0.15) is 0 Å². The van der Waals surface area contributed by atoms with Crippen LogP contribution < -0.4 is 73.9 Å². The maximum Gasteiger partial charge on any atom is 0.330 e. The summed E-state index contributed by atoms with van der Waals surface area (Å²) in [6.45, 7) is 10.8. The molecule has 37 heteroatoms. The summed E-state index contributed by atoms with van der Waals surface area (Å²) in [7, 11) is 1.62. The lowest BCUT2D eigenvalue weighted by Crippen LogP contribution is -2.66. The molecule has 0 unspecified atom stereocenters. The largest absolute Gasteiger partial charge is 0.508 e. The van der Waals surface area contributed by atoms with Crippen molar-refractivity contribution in [1.82, 2.24) is 47.4 Å². The molecule has 11 bridgehead atoms. The van der Waals surface area contributed by atoms with E-state index < -0.39 is 231 Å². The molecule has 35 nitrogen and oxygen atoms in total. The highest BCUT2D eigenvalue weighted by Gasteiger charge is 2.52. The number of carboxylic acids is 1. The number of carboxylic acid groups (broad SMARTS) is 1. The molecule has 7 amide bonds. The fraction of sp³-hybridized carbons (Fsp3) is 0.525. The van der Waals surface area contributed by atoms with Gasteiger partial charge in [-0.05, 0) is 123 Å². The van der Waals surface area contributed by atoms with Crippen LogP contribution in [0.5, 0.6) is 46.0 Å². The number of carbonyl (C=O) groups excluding carboxylic acids is 7. The van der Waals surface area contributed by atoms with E-state index in [1.807, 2.05) is 13.8 Å². The van der Waals surface area contributed by atoms with Gasteiger partial charge in [0.2, 0.25) is 53.4 Å². The molecule has 2 saturated heterocycles. The Hall–Kier alpha value is -9.28. The Morgan fingerprint density at radius 3 is 1.91 bits per heavy atom. The molecule has 0 spiro atoms. The van der Waals surface area contributed by atoms with E-state index in [1.54, 1.807) is 25.8 Å². The minimum absolute atomic E-state index is 0.0859. The summed E-state index contributed by atoms with van der Waals surface area (Å²) in [5, 5.41) is 127. The molecule has 0 radical (unpaired) electrons. The molecule has 117 heavy (non-hydrogen) atoms. The van der Waals surface area contributed by atoms with Crippen LogP contribution in [0.1, 0.15) is 163 Å². The number of aliphatic hydroxyl groups excluding tert-OH is 5. The van der Waals surface area contributed by atoms with Crippen molar-refractivity contribution in [3.63, 3.8) is 0 Å². The van der Waals surface area contributed by atoms with Gasteiger partial charge in [-0.15, -0.1) is 0 Å². The first kappa shape index (κ1) is 90.1. The SMILES string of the molecule is CCCCCCCCCCNCCN[C@@]1(C)C[C@H](O[C@H]2[C@H](Oc3c4cc5cc3Oc3ccc(cc3Cl)[C@@H](O)[C@@H](NC(=O)[C@@H](CC(C)C)N(C)CCN)C(=O)N[C@@H](CC(N)=O)C(=O)N[C@H]5C(=O)N[C@H]3C(=O)N[C@H](C(=O)N[C@H](C(=O)O)c5cc(O)cc(O)c5-c5cc3ccc5O)[C@H](O)c3ccc(c(Cl)c3)O4)O[C@H](CN)[C@@H](O)[C@@H]2O)O[C@@H](C)[C@H]1O. The number of phenolic OH excluding ortho intramolecular Hbond substituents is 3. The molecule has 23 N–H and O–H groups in total. The topological polar surface area (TPSA) is 552 Å². The number of aliphatic carboxylic acids is 1. The molecule has 5 aromatic rings. The predicted molar refractivity (Wildman–Crippen MR) is 423 cm³/mol. The molecule has 7 aliphatic rings. The molecule has 18 atom stereocenters. The van der Waals surface area contributed by atoms with Gasteiger partial charge >= 0.3 is 5.97 Å². The summed E-state index contributed by atoms with van der Waals surface area (Å²) in [5.74, 6) is -15.7. The molecule has 5 aromatic carbocycles. The van der Waals surface area contributed by atoms with E-state index in [-0.39, 0.29) is 65.1 Å². The van der Waals surface area contributed by atoms with E-state index in [9.17, 15) is 65.1 Å². The number of benzene rings is 5. The highest BCUT2D eigenvalue weighted by atomic mass is 35.5. The fourth-order valence-electron chi connectivity index (χ4n) is 15.1. The number of nitrogens with zero attached hydrogens (tertiary/aromatic N) is 1. The van der Waals surface area contributed by atoms with E-state index in [0.717, 1.165) is 80.4 Å². The molecule has 0 aliphatic carbocycles. The summed E-state index contributed by atoms with van der Waals surface area (Å²) >= 11 is 14.4. The molecule has 12 rings (SSSR count). The maximum atomic E-state index is 16.3. The summed E-state index contributed by atoms with van der Waals surface area (Å²) < 4.78 is 39.8. The molecule has 2 fully saturated rings. The zero-order valence-electron chi connectivity index (χ0n) is 65.6. The third-order valence-electron chi connectivity index (χ3n) is 21.5. The van der Waals surface area contributed by atoms with Crippen LogP contribution >= 0.6 is 23.2 Å². The summed E-state index contributed by atoms with van der Waals surface area (Å²) in [6.07, 6.45) is -8.39. The average molecular weight is 1670 g/mol. The number of aliphatic hydroxyl groups is 5. The second kappa shape index (κ2) is 40.0. The average Bonchev–Trinajstić information content (AvgIpc) is 0.769. The van der Waals surface area contributed by atoms with Gasteiger partial charge in [-0.25, -0.2) is 4.79 Å². The zero-order chi connectivity index (χ0) is 85.0. The van der Waals surface area contributed by atoms with Gasteiger partial charge in [0.15, 0.2) is 29.9 Å². The molecular formula is C80H106Cl2N12O23. The van der Waals surface area contributed by atoms with Crippen molar-refractivity contribution < 1.29 is 113 Å². The van der Waals surface area contributed by atoms with Crippen molar-refractivity contribution in [2.75, 3.05) is 46.3 Å². The van der Waals surface area contributed by atoms with Crippen LogP contribution in [0.4, 0.5) is 0 Å². The Labute approximate surface area is 685 Å². The monoisotopic (exact) mass is 1670 g/mol. The van der Waals surface area contributed by atoms with Gasteiger partial charge in [0.1, 0.15) is 89.5 Å². The zero-order valence-corrected chi connectivity index (χ0v) is 67.1. The first-order chi connectivity index (χ1) is 55.6. The second-order valence-corrected chi connectivity index (χ2v) is 31.6. The molecular weight excluding hydrogens is 1570 g/mol. The molecule has 7 heterocycles. The number of halogens is 2. The van der Waals surface area contributed by atoms with Crippen molar-refractivity contribution in [1.29, 1.82) is 0 Å². The Balaban J connectivity index is 1.16. The van der Waals surface area contributed by atoms with Crippen molar-refractivity contribution in [3.8, 4) is 57.1 Å². The van der Waals surface area contributed by atoms with E-state index in [0.29, 0.717) is 13.1 Å². The number of primary amides is 1. The number of phenols is 3. The summed E-state index contributed by atoms with van der Waals surface area (Å²) in [4.78, 5) is 121. The minimum atomic E-state index is -2.34. The maximum absolute atomic E-state index is 16.3. The second-order valence-electron chi connectivity index (χ2n) is 30.8. The van der Waals surface area contributed by atoms with Gasteiger partial charge in [-0.1, -0.05) is 107 Å². The Morgan fingerprint density at radius 2 is 1.30 bits per heavy atom. The van der Waals surface area contributed by atoms with Crippen LogP contribution in [0.3, 0.4) is 0 Å². The van der Waals surface area contributed by atoms with E-state index in [1.165, 1.54) is 56.4 Å². The number of nitrogens with one attached hydrogen (secondary N) is 8. The van der Waals surface area contributed by atoms with E-state index in [4.69, 9.17) is 68.8 Å². The number of amides is 7. The van der Waals surface area contributed by atoms with E-state index >= 15 is 19.2 Å².